The van der Waals surface area contributed by atoms with Crippen molar-refractivity contribution < 1.29 is 22.7 Å². The SMILES string of the molecule is COc1ccc(S(=O)(=O)N(CC(=O)N(Cc2ccc(Cl)cc2)[C@H](C)C(=O)NC(C)(C)C)c2ccc(C)cc2)cc1Br. The minimum atomic E-state index is -4.21. The molecule has 11 heteroatoms. The molecule has 8 nitrogen and oxygen atoms in total. The molecule has 1 N–H and O–H groups in total. The third-order valence-corrected chi connectivity index (χ3v) is 8.89. The Labute approximate surface area is 255 Å². The zero-order valence-electron chi connectivity index (χ0n) is 23.9. The first-order chi connectivity index (χ1) is 19.1. The van der Waals surface area contributed by atoms with Crippen LogP contribution in [-0.4, -0.2) is 50.4 Å². The van der Waals surface area contributed by atoms with Crippen LogP contribution in [0.3, 0.4) is 0 Å². The number of halogens is 2. The summed E-state index contributed by atoms with van der Waals surface area (Å²) in [6, 6.07) is 17.3. The predicted molar refractivity (Wildman–Crippen MR) is 166 cm³/mol. The lowest BCUT2D eigenvalue weighted by Gasteiger charge is -2.33. The van der Waals surface area contributed by atoms with Crippen molar-refractivity contribution in [1.82, 2.24) is 10.2 Å². The van der Waals surface area contributed by atoms with Gasteiger partial charge in [-0.25, -0.2) is 8.42 Å². The van der Waals surface area contributed by atoms with Gasteiger partial charge in [-0.05, 0) is 98.6 Å². The Bertz CT molecular complexity index is 1490. The number of rotatable bonds is 10. The van der Waals surface area contributed by atoms with Crippen molar-refractivity contribution in [3.05, 3.63) is 87.4 Å². The molecule has 0 radical (unpaired) electrons. The zero-order chi connectivity index (χ0) is 30.5. The number of carbonyl (C=O) groups excluding carboxylic acids is 2. The number of nitrogens with zero attached hydrogens (tertiary/aromatic N) is 2. The predicted octanol–water partition coefficient (Wildman–Crippen LogP) is 5.95. The highest BCUT2D eigenvalue weighted by atomic mass is 79.9. The van der Waals surface area contributed by atoms with Crippen molar-refractivity contribution >= 4 is 55.1 Å². The van der Waals surface area contributed by atoms with E-state index in [2.05, 4.69) is 21.2 Å². The Morgan fingerprint density at radius 3 is 2.17 bits per heavy atom. The molecule has 3 rings (SSSR count). The maximum absolute atomic E-state index is 14.0. The first-order valence-corrected chi connectivity index (χ1v) is 15.5. The fourth-order valence-corrected chi connectivity index (χ4v) is 6.28. The molecule has 0 saturated heterocycles. The van der Waals surface area contributed by atoms with E-state index in [4.69, 9.17) is 16.3 Å². The molecule has 1 atom stereocenters. The number of carbonyl (C=O) groups is 2. The maximum Gasteiger partial charge on any atom is 0.264 e. The molecule has 0 aliphatic carbocycles. The molecule has 2 amide bonds. The number of hydrogen-bond acceptors (Lipinski definition) is 5. The van der Waals surface area contributed by atoms with Crippen LogP contribution < -0.4 is 14.4 Å². The summed E-state index contributed by atoms with van der Waals surface area (Å²) in [5.41, 5.74) is 1.46. The highest BCUT2D eigenvalue weighted by Crippen LogP contribution is 2.31. The van der Waals surface area contributed by atoms with Crippen LogP contribution in [0.1, 0.15) is 38.8 Å². The van der Waals surface area contributed by atoms with Gasteiger partial charge in [0.1, 0.15) is 18.3 Å². The van der Waals surface area contributed by atoms with Crippen molar-refractivity contribution in [1.29, 1.82) is 0 Å². The quantitative estimate of drug-likeness (QED) is 0.289. The summed E-state index contributed by atoms with van der Waals surface area (Å²) in [6.07, 6.45) is 0. The average molecular weight is 665 g/mol. The largest absolute Gasteiger partial charge is 0.496 e. The molecular weight excluding hydrogens is 630 g/mol. The van der Waals surface area contributed by atoms with Crippen LogP contribution in [0.25, 0.3) is 0 Å². The number of hydrogen-bond donors (Lipinski definition) is 1. The molecular formula is C30H35BrClN3O5S. The molecule has 0 saturated carbocycles. The van der Waals surface area contributed by atoms with Crippen LogP contribution in [0.4, 0.5) is 5.69 Å². The van der Waals surface area contributed by atoms with Crippen LogP contribution >= 0.6 is 27.5 Å². The Hall–Kier alpha value is -3.08. The van der Waals surface area contributed by atoms with E-state index in [1.807, 2.05) is 27.7 Å². The fraction of sp³-hybridized carbons (Fsp3) is 0.333. The number of methoxy groups -OCH3 is 1. The molecule has 0 aromatic heterocycles. The van der Waals surface area contributed by atoms with Gasteiger partial charge in [0.05, 0.1) is 22.2 Å². The van der Waals surface area contributed by atoms with Gasteiger partial charge < -0.3 is 15.0 Å². The summed E-state index contributed by atoms with van der Waals surface area (Å²) < 4.78 is 34.8. The van der Waals surface area contributed by atoms with Gasteiger partial charge in [-0.2, -0.15) is 0 Å². The Balaban J connectivity index is 2.05. The highest BCUT2D eigenvalue weighted by molar-refractivity contribution is 9.10. The van der Waals surface area contributed by atoms with Crippen LogP contribution in [0, 0.1) is 6.92 Å². The summed E-state index contributed by atoms with van der Waals surface area (Å²) in [7, 11) is -2.73. The van der Waals surface area contributed by atoms with Crippen molar-refractivity contribution in [3.63, 3.8) is 0 Å². The molecule has 0 unspecified atom stereocenters. The van der Waals surface area contributed by atoms with Gasteiger partial charge in [0.2, 0.25) is 11.8 Å². The molecule has 0 fully saturated rings. The summed E-state index contributed by atoms with van der Waals surface area (Å²) in [4.78, 5) is 28.5. The maximum atomic E-state index is 14.0. The fourth-order valence-electron chi connectivity index (χ4n) is 4.02. The first-order valence-electron chi connectivity index (χ1n) is 12.9. The van der Waals surface area contributed by atoms with Crippen LogP contribution in [-0.2, 0) is 26.2 Å². The molecule has 220 valence electrons. The van der Waals surface area contributed by atoms with Crippen LogP contribution in [0.5, 0.6) is 5.75 Å². The summed E-state index contributed by atoms with van der Waals surface area (Å²) >= 11 is 9.41. The van der Waals surface area contributed by atoms with E-state index in [-0.39, 0.29) is 17.3 Å². The van der Waals surface area contributed by atoms with E-state index in [0.29, 0.717) is 20.9 Å². The monoisotopic (exact) mass is 663 g/mol. The normalized spacial score (nSPS) is 12.4. The van der Waals surface area contributed by atoms with E-state index in [1.165, 1.54) is 30.2 Å². The second kappa shape index (κ2) is 13.3. The van der Waals surface area contributed by atoms with E-state index in [0.717, 1.165) is 15.4 Å². The minimum absolute atomic E-state index is 0.0266. The standard InChI is InChI=1S/C30H35BrClN3O5S/c1-20-7-13-24(14-8-20)35(41(38,39)25-15-16-27(40-6)26(31)17-25)19-28(36)34(18-22-9-11-23(32)12-10-22)21(2)29(37)33-30(3,4)5/h7-17,21H,18-19H2,1-6H3,(H,33,37)/t21-/m1/s1. The van der Waals surface area contributed by atoms with Crippen LogP contribution in [0.15, 0.2) is 76.1 Å². The third kappa shape index (κ3) is 8.47. The molecule has 0 aliphatic heterocycles. The number of anilines is 1. The van der Waals surface area contributed by atoms with Crippen molar-refractivity contribution in [3.8, 4) is 5.75 Å². The van der Waals surface area contributed by atoms with Crippen molar-refractivity contribution in [2.75, 3.05) is 18.0 Å². The van der Waals surface area contributed by atoms with Gasteiger partial charge in [0, 0.05) is 17.1 Å². The lowest BCUT2D eigenvalue weighted by atomic mass is 10.1. The molecule has 3 aromatic carbocycles. The molecule has 0 bridgehead atoms. The average Bonchev–Trinajstić information content (AvgIpc) is 2.90. The van der Waals surface area contributed by atoms with Crippen molar-refractivity contribution in [2.24, 2.45) is 0 Å². The summed E-state index contributed by atoms with van der Waals surface area (Å²) in [6.45, 7) is 8.60. The molecule has 41 heavy (non-hydrogen) atoms. The smallest absolute Gasteiger partial charge is 0.264 e. The zero-order valence-corrected chi connectivity index (χ0v) is 27.1. The topological polar surface area (TPSA) is 96.0 Å². The lowest BCUT2D eigenvalue weighted by Crippen LogP contribution is -2.54. The Morgan fingerprint density at radius 2 is 1.63 bits per heavy atom. The van der Waals surface area contributed by atoms with Gasteiger partial charge >= 0.3 is 0 Å². The molecule has 0 heterocycles. The first kappa shape index (κ1) is 32.4. The van der Waals surface area contributed by atoms with Crippen molar-refractivity contribution in [2.45, 2.75) is 57.6 Å². The number of benzene rings is 3. The van der Waals surface area contributed by atoms with E-state index < -0.39 is 34.1 Å². The van der Waals surface area contributed by atoms with Crippen LogP contribution in [0.2, 0.25) is 5.02 Å². The summed E-state index contributed by atoms with van der Waals surface area (Å²) in [5, 5.41) is 3.45. The highest BCUT2D eigenvalue weighted by Gasteiger charge is 2.33. The number of sulfonamides is 1. The summed E-state index contributed by atoms with van der Waals surface area (Å²) in [5.74, 6) is -0.438. The number of aryl methyl sites for hydroxylation is 1. The number of amides is 2. The molecule has 3 aromatic rings. The number of nitrogens with one attached hydrogen (secondary N) is 1. The second-order valence-corrected chi connectivity index (χ2v) is 13.9. The van der Waals surface area contributed by atoms with Gasteiger partial charge in [-0.1, -0.05) is 41.4 Å². The Kier molecular flexibility index (Phi) is 10.5. The van der Waals surface area contributed by atoms with E-state index >= 15 is 0 Å². The van der Waals surface area contributed by atoms with Gasteiger partial charge in [0.15, 0.2) is 0 Å². The van der Waals surface area contributed by atoms with Gasteiger partial charge in [-0.15, -0.1) is 0 Å². The van der Waals surface area contributed by atoms with Gasteiger partial charge in [-0.3, -0.25) is 13.9 Å². The van der Waals surface area contributed by atoms with Gasteiger partial charge in [0.25, 0.3) is 10.0 Å². The Morgan fingerprint density at radius 1 is 1.02 bits per heavy atom. The molecule has 0 spiro atoms. The third-order valence-electron chi connectivity index (χ3n) is 6.24. The minimum Gasteiger partial charge on any atom is -0.496 e. The second-order valence-electron chi connectivity index (χ2n) is 10.7. The number of ether oxygens (including phenoxy) is 1. The molecule has 0 aliphatic rings. The van der Waals surface area contributed by atoms with E-state index in [1.54, 1.807) is 55.5 Å². The lowest BCUT2D eigenvalue weighted by molar-refractivity contribution is -0.140. The van der Waals surface area contributed by atoms with E-state index in [9.17, 15) is 18.0 Å².